The molecule has 27 heavy (non-hydrogen) atoms. The second-order valence-corrected chi connectivity index (χ2v) is 8.08. The Balaban J connectivity index is 2.13. The van der Waals surface area contributed by atoms with E-state index in [1.807, 2.05) is 70.2 Å². The van der Waals surface area contributed by atoms with Crippen LogP contribution in [0.1, 0.15) is 54.7 Å². The van der Waals surface area contributed by atoms with Crippen LogP contribution in [-0.2, 0) is 4.79 Å². The molecule has 2 aromatic rings. The van der Waals surface area contributed by atoms with Crippen LogP contribution in [0.5, 0.6) is 0 Å². The van der Waals surface area contributed by atoms with Gasteiger partial charge in [-0.3, -0.25) is 9.59 Å². The molecular formula is C22H27BrN2O2. The number of carbonyl (C=O) groups is 2. The number of aryl methyl sites for hydroxylation is 1. The molecule has 2 rings (SSSR count). The second-order valence-electron chi connectivity index (χ2n) is 7.22. The minimum Gasteiger partial charge on any atom is -0.348 e. The van der Waals surface area contributed by atoms with Gasteiger partial charge in [-0.15, -0.1) is 0 Å². The van der Waals surface area contributed by atoms with Crippen molar-refractivity contribution in [2.45, 2.75) is 46.2 Å². The molecule has 0 aromatic heterocycles. The Hall–Kier alpha value is -2.14. The Bertz CT molecular complexity index is 804. The van der Waals surface area contributed by atoms with E-state index in [0.717, 1.165) is 15.6 Å². The normalized spacial score (nSPS) is 13.1. The van der Waals surface area contributed by atoms with E-state index in [-0.39, 0.29) is 23.8 Å². The fourth-order valence-corrected chi connectivity index (χ4v) is 3.61. The molecule has 2 N–H and O–H groups in total. The average molecular weight is 431 g/mol. The summed E-state index contributed by atoms with van der Waals surface area (Å²) >= 11 is 3.52. The summed E-state index contributed by atoms with van der Waals surface area (Å²) in [6, 6.07) is 14.4. The van der Waals surface area contributed by atoms with Crippen LogP contribution in [0.3, 0.4) is 0 Å². The maximum atomic E-state index is 12.9. The summed E-state index contributed by atoms with van der Waals surface area (Å²) < 4.78 is 0.946. The zero-order valence-corrected chi connectivity index (χ0v) is 17.8. The summed E-state index contributed by atoms with van der Waals surface area (Å²) in [6.07, 6.45) is 0.576. The molecule has 0 fully saturated rings. The lowest BCUT2D eigenvalue weighted by Crippen LogP contribution is -2.48. The van der Waals surface area contributed by atoms with Gasteiger partial charge in [0.15, 0.2) is 0 Å². The van der Waals surface area contributed by atoms with Gasteiger partial charge >= 0.3 is 0 Å². The predicted molar refractivity (Wildman–Crippen MR) is 113 cm³/mol. The van der Waals surface area contributed by atoms with Crippen LogP contribution in [0, 0.1) is 12.8 Å². The average Bonchev–Trinajstić information content (AvgIpc) is 2.61. The Labute approximate surface area is 169 Å². The quantitative estimate of drug-likeness (QED) is 0.663. The summed E-state index contributed by atoms with van der Waals surface area (Å²) in [4.78, 5) is 25.6. The minimum absolute atomic E-state index is 0.168. The molecule has 0 bridgehead atoms. The predicted octanol–water partition coefficient (Wildman–Crippen LogP) is 4.78. The van der Waals surface area contributed by atoms with Crippen LogP contribution in [0.2, 0.25) is 0 Å². The molecule has 4 nitrogen and oxygen atoms in total. The van der Waals surface area contributed by atoms with Crippen LogP contribution < -0.4 is 10.6 Å². The molecular weight excluding hydrogens is 404 g/mol. The zero-order chi connectivity index (χ0) is 20.0. The molecule has 0 saturated carbocycles. The largest absolute Gasteiger partial charge is 0.348 e. The van der Waals surface area contributed by atoms with Gasteiger partial charge < -0.3 is 10.6 Å². The number of hydrogen-bond donors (Lipinski definition) is 2. The first kappa shape index (κ1) is 21.2. The van der Waals surface area contributed by atoms with Crippen molar-refractivity contribution >= 4 is 27.7 Å². The van der Waals surface area contributed by atoms with Crippen molar-refractivity contribution in [2.75, 3.05) is 0 Å². The van der Waals surface area contributed by atoms with Crippen molar-refractivity contribution in [3.63, 3.8) is 0 Å². The third-order valence-electron chi connectivity index (χ3n) is 4.45. The highest BCUT2D eigenvalue weighted by atomic mass is 79.9. The van der Waals surface area contributed by atoms with Crippen molar-refractivity contribution in [1.82, 2.24) is 10.6 Å². The maximum absolute atomic E-state index is 12.9. The molecule has 2 atom stereocenters. The monoisotopic (exact) mass is 430 g/mol. The highest BCUT2D eigenvalue weighted by Crippen LogP contribution is 2.23. The maximum Gasteiger partial charge on any atom is 0.252 e. The number of halogens is 1. The van der Waals surface area contributed by atoms with Crippen molar-refractivity contribution in [3.05, 3.63) is 69.7 Å². The van der Waals surface area contributed by atoms with E-state index in [4.69, 9.17) is 0 Å². The van der Waals surface area contributed by atoms with Gasteiger partial charge in [0.25, 0.3) is 5.91 Å². The number of nitrogens with one attached hydrogen (secondary N) is 2. The molecule has 0 saturated heterocycles. The summed E-state index contributed by atoms with van der Waals surface area (Å²) in [5, 5.41) is 5.94. The van der Waals surface area contributed by atoms with Crippen LogP contribution in [0.15, 0.2) is 53.0 Å². The topological polar surface area (TPSA) is 58.2 Å². The summed E-state index contributed by atoms with van der Waals surface area (Å²) in [5.74, 6) is -0.118. The third-order valence-corrected chi connectivity index (χ3v) is 5.17. The van der Waals surface area contributed by atoms with Crippen molar-refractivity contribution in [3.8, 4) is 0 Å². The van der Waals surface area contributed by atoms with Gasteiger partial charge in [-0.2, -0.15) is 0 Å². The van der Waals surface area contributed by atoms with Gasteiger partial charge in [0.05, 0.1) is 6.04 Å². The molecule has 0 aliphatic carbocycles. The molecule has 0 radical (unpaired) electrons. The highest BCUT2D eigenvalue weighted by Gasteiger charge is 2.24. The lowest BCUT2D eigenvalue weighted by molar-refractivity contribution is -0.124. The van der Waals surface area contributed by atoms with Crippen LogP contribution in [-0.4, -0.2) is 17.9 Å². The highest BCUT2D eigenvalue weighted by molar-refractivity contribution is 9.10. The molecule has 2 aromatic carbocycles. The number of amides is 2. The smallest absolute Gasteiger partial charge is 0.252 e. The van der Waals surface area contributed by atoms with Gasteiger partial charge in [0.2, 0.25) is 5.91 Å². The molecule has 144 valence electrons. The van der Waals surface area contributed by atoms with Gasteiger partial charge in [-0.05, 0) is 49.4 Å². The first-order valence-corrected chi connectivity index (χ1v) is 10.00. The lowest BCUT2D eigenvalue weighted by atomic mass is 10.0. The van der Waals surface area contributed by atoms with E-state index in [1.54, 1.807) is 6.07 Å². The van der Waals surface area contributed by atoms with Crippen LogP contribution >= 0.6 is 15.9 Å². The van der Waals surface area contributed by atoms with E-state index >= 15 is 0 Å². The minimum atomic E-state index is -0.581. The van der Waals surface area contributed by atoms with Gasteiger partial charge in [0, 0.05) is 10.0 Å². The molecule has 0 spiro atoms. The number of hydrogen-bond acceptors (Lipinski definition) is 2. The number of benzene rings is 2. The van der Waals surface area contributed by atoms with Gasteiger partial charge in [0.1, 0.15) is 6.04 Å². The van der Waals surface area contributed by atoms with Crippen molar-refractivity contribution in [1.29, 1.82) is 0 Å². The van der Waals surface area contributed by atoms with E-state index in [1.165, 1.54) is 0 Å². The second kappa shape index (κ2) is 9.70. The fraction of sp³-hybridized carbons (Fsp3) is 0.364. The molecule has 5 heteroatoms. The number of rotatable bonds is 7. The van der Waals surface area contributed by atoms with Crippen LogP contribution in [0.4, 0.5) is 0 Å². The Morgan fingerprint density at radius 3 is 2.22 bits per heavy atom. The van der Waals surface area contributed by atoms with E-state index in [2.05, 4.69) is 26.6 Å². The molecule has 0 aliphatic rings. The van der Waals surface area contributed by atoms with E-state index in [0.29, 0.717) is 12.0 Å². The molecule has 0 aliphatic heterocycles. The molecule has 0 unspecified atom stereocenters. The SMILES string of the molecule is Cc1ccccc1C(=O)N[C@H](CC(C)C)C(=O)N[C@H](C)c1ccccc1Br. The summed E-state index contributed by atoms with van der Waals surface area (Å²) in [5.41, 5.74) is 2.48. The van der Waals surface area contributed by atoms with Crippen molar-refractivity contribution < 1.29 is 9.59 Å². The first-order chi connectivity index (χ1) is 12.8. The van der Waals surface area contributed by atoms with Crippen LogP contribution in [0.25, 0.3) is 0 Å². The fourth-order valence-electron chi connectivity index (χ4n) is 2.98. The van der Waals surface area contributed by atoms with E-state index < -0.39 is 6.04 Å². The summed E-state index contributed by atoms with van der Waals surface area (Å²) in [6.45, 7) is 7.91. The van der Waals surface area contributed by atoms with Gasteiger partial charge in [-0.25, -0.2) is 0 Å². The Kier molecular flexibility index (Phi) is 7.60. The Morgan fingerprint density at radius 1 is 0.963 bits per heavy atom. The summed E-state index contributed by atoms with van der Waals surface area (Å²) in [7, 11) is 0. The standard InChI is InChI=1S/C22H27BrN2O2/c1-14(2)13-20(25-21(26)17-10-6-5-9-15(17)3)22(27)24-16(4)18-11-7-8-12-19(18)23/h5-12,14,16,20H,13H2,1-4H3,(H,24,27)(H,25,26)/t16-,20-/m1/s1. The Morgan fingerprint density at radius 2 is 1.59 bits per heavy atom. The van der Waals surface area contributed by atoms with E-state index in [9.17, 15) is 9.59 Å². The third kappa shape index (κ3) is 5.93. The molecule has 2 amide bonds. The zero-order valence-electron chi connectivity index (χ0n) is 16.3. The molecule has 0 heterocycles. The van der Waals surface area contributed by atoms with Crippen molar-refractivity contribution in [2.24, 2.45) is 5.92 Å². The number of carbonyl (C=O) groups excluding carboxylic acids is 2. The van der Waals surface area contributed by atoms with Gasteiger partial charge in [-0.1, -0.05) is 66.2 Å². The lowest BCUT2D eigenvalue weighted by Gasteiger charge is -2.23. The first-order valence-electron chi connectivity index (χ1n) is 9.21.